The maximum atomic E-state index is 13.0. The number of carbonyl (C=O) groups is 1. The summed E-state index contributed by atoms with van der Waals surface area (Å²) in [5, 5.41) is 2.03. The fourth-order valence-corrected chi connectivity index (χ4v) is 3.76. The lowest BCUT2D eigenvalue weighted by Crippen LogP contribution is -2.46. The van der Waals surface area contributed by atoms with Gasteiger partial charge in [-0.05, 0) is 50.7 Å². The molecule has 3 rings (SSSR count). The molecule has 1 aliphatic rings. The smallest absolute Gasteiger partial charge is 0.254 e. The number of nitrogens with zero attached hydrogens (tertiary/aromatic N) is 3. The van der Waals surface area contributed by atoms with Gasteiger partial charge in [0.05, 0.1) is 11.4 Å². The molecule has 0 N–H and O–H groups in total. The molecule has 1 aromatic carbocycles. The molecule has 0 saturated carbocycles. The van der Waals surface area contributed by atoms with E-state index in [1.807, 2.05) is 53.6 Å². The number of benzene rings is 1. The third kappa shape index (κ3) is 4.11. The molecule has 0 spiro atoms. The van der Waals surface area contributed by atoms with Gasteiger partial charge >= 0.3 is 0 Å². The Morgan fingerprint density at radius 2 is 1.92 bits per heavy atom. The van der Waals surface area contributed by atoms with E-state index in [0.29, 0.717) is 0 Å². The van der Waals surface area contributed by atoms with Crippen LogP contribution >= 0.6 is 11.3 Å². The summed E-state index contributed by atoms with van der Waals surface area (Å²) in [6.07, 6.45) is 1.98. The van der Waals surface area contributed by atoms with Crippen LogP contribution < -0.4 is 9.80 Å². The van der Waals surface area contributed by atoms with Gasteiger partial charge < -0.3 is 14.7 Å². The fourth-order valence-electron chi connectivity index (χ4n) is 3.05. The minimum absolute atomic E-state index is 0.0908. The zero-order valence-corrected chi connectivity index (χ0v) is 15.9. The van der Waals surface area contributed by atoms with E-state index in [-0.39, 0.29) is 5.91 Å². The van der Waals surface area contributed by atoms with Gasteiger partial charge in [0, 0.05) is 36.6 Å². The molecule has 25 heavy (non-hydrogen) atoms. The largest absolute Gasteiger partial charge is 0.367 e. The van der Waals surface area contributed by atoms with Gasteiger partial charge in [0.25, 0.3) is 5.91 Å². The summed E-state index contributed by atoms with van der Waals surface area (Å²) in [7, 11) is 4.18. The van der Waals surface area contributed by atoms with Crippen LogP contribution in [0.3, 0.4) is 0 Å². The number of likely N-dealkylation sites (N-methyl/N-ethyl adjacent to an activating group) is 1. The van der Waals surface area contributed by atoms with E-state index >= 15 is 0 Å². The Labute approximate surface area is 154 Å². The standard InChI is InChI=1S/C20H25N3OS/c1-16(15-17-7-6-14-25-17)20(24)23-13-12-22(11-10-21(2)3)18-8-4-5-9-19(18)23/h4-9,14-15H,10-13H2,1-3H3/b16-15+. The van der Waals surface area contributed by atoms with E-state index in [1.54, 1.807) is 11.3 Å². The molecule has 0 bridgehead atoms. The molecule has 132 valence electrons. The van der Waals surface area contributed by atoms with Crippen molar-refractivity contribution in [3.63, 3.8) is 0 Å². The van der Waals surface area contributed by atoms with Crippen molar-refractivity contribution in [2.45, 2.75) is 6.92 Å². The molecule has 0 atom stereocenters. The predicted octanol–water partition coefficient (Wildman–Crippen LogP) is 3.57. The van der Waals surface area contributed by atoms with Gasteiger partial charge in [0.2, 0.25) is 0 Å². The molecule has 4 nitrogen and oxygen atoms in total. The van der Waals surface area contributed by atoms with Gasteiger partial charge in [-0.3, -0.25) is 4.79 Å². The quantitative estimate of drug-likeness (QED) is 0.767. The normalized spacial score (nSPS) is 14.8. The van der Waals surface area contributed by atoms with Gasteiger partial charge in [0.1, 0.15) is 0 Å². The van der Waals surface area contributed by atoms with Crippen molar-refractivity contribution < 1.29 is 4.79 Å². The molecule has 0 fully saturated rings. The second kappa shape index (κ2) is 7.85. The molecule has 1 aliphatic heterocycles. The average Bonchev–Trinajstić information content (AvgIpc) is 3.11. The van der Waals surface area contributed by atoms with Crippen LogP contribution in [0, 0.1) is 0 Å². The van der Waals surface area contributed by atoms with Gasteiger partial charge in [0.15, 0.2) is 0 Å². The Bertz CT molecular complexity index is 752. The van der Waals surface area contributed by atoms with Crippen molar-refractivity contribution in [2.75, 3.05) is 50.1 Å². The number of para-hydroxylation sites is 2. The van der Waals surface area contributed by atoms with E-state index in [9.17, 15) is 4.79 Å². The lowest BCUT2D eigenvalue weighted by molar-refractivity contribution is -0.115. The van der Waals surface area contributed by atoms with Crippen LogP contribution in [0.2, 0.25) is 0 Å². The Morgan fingerprint density at radius 1 is 1.16 bits per heavy atom. The summed E-state index contributed by atoms with van der Waals surface area (Å²) >= 11 is 1.65. The number of amides is 1. The second-order valence-electron chi connectivity index (χ2n) is 6.58. The molecule has 0 aliphatic carbocycles. The van der Waals surface area contributed by atoms with Crippen molar-refractivity contribution in [2.24, 2.45) is 0 Å². The fraction of sp³-hybridized carbons (Fsp3) is 0.350. The number of hydrogen-bond acceptors (Lipinski definition) is 4. The molecular weight excluding hydrogens is 330 g/mol. The molecule has 0 radical (unpaired) electrons. The first-order valence-corrected chi connectivity index (χ1v) is 9.46. The number of anilines is 2. The van der Waals surface area contributed by atoms with Crippen molar-refractivity contribution in [1.29, 1.82) is 0 Å². The monoisotopic (exact) mass is 355 g/mol. The summed E-state index contributed by atoms with van der Waals surface area (Å²) < 4.78 is 0. The number of rotatable bonds is 5. The molecule has 1 aromatic heterocycles. The Morgan fingerprint density at radius 3 is 2.60 bits per heavy atom. The van der Waals surface area contributed by atoms with Crippen LogP contribution in [0.15, 0.2) is 47.4 Å². The van der Waals surface area contributed by atoms with Crippen LogP contribution in [0.4, 0.5) is 11.4 Å². The SMILES string of the molecule is C/C(=C\c1cccs1)C(=O)N1CCN(CCN(C)C)c2ccccc21. The summed E-state index contributed by atoms with van der Waals surface area (Å²) in [5.74, 6) is 0.0908. The van der Waals surface area contributed by atoms with Crippen molar-refractivity contribution in [1.82, 2.24) is 4.90 Å². The zero-order valence-electron chi connectivity index (χ0n) is 15.1. The molecule has 2 heterocycles. The third-order valence-electron chi connectivity index (χ3n) is 4.41. The third-order valence-corrected chi connectivity index (χ3v) is 5.23. The summed E-state index contributed by atoms with van der Waals surface area (Å²) in [6, 6.07) is 12.3. The molecule has 1 amide bonds. The van der Waals surface area contributed by atoms with E-state index < -0.39 is 0 Å². The Kier molecular flexibility index (Phi) is 5.56. The van der Waals surface area contributed by atoms with Crippen LogP contribution in [0.25, 0.3) is 6.08 Å². The van der Waals surface area contributed by atoms with E-state index in [1.165, 1.54) is 0 Å². The molecule has 0 saturated heterocycles. The van der Waals surface area contributed by atoms with E-state index in [4.69, 9.17) is 0 Å². The van der Waals surface area contributed by atoms with E-state index in [2.05, 4.69) is 30.0 Å². The maximum Gasteiger partial charge on any atom is 0.254 e. The highest BCUT2D eigenvalue weighted by atomic mass is 32.1. The number of hydrogen-bond donors (Lipinski definition) is 0. The molecular formula is C20H25N3OS. The van der Waals surface area contributed by atoms with Crippen molar-refractivity contribution in [3.8, 4) is 0 Å². The Hall–Kier alpha value is -2.11. The van der Waals surface area contributed by atoms with Gasteiger partial charge in [-0.1, -0.05) is 18.2 Å². The predicted molar refractivity (Wildman–Crippen MR) is 108 cm³/mol. The lowest BCUT2D eigenvalue weighted by Gasteiger charge is -2.38. The van der Waals surface area contributed by atoms with Crippen molar-refractivity contribution in [3.05, 3.63) is 52.2 Å². The van der Waals surface area contributed by atoms with E-state index in [0.717, 1.165) is 48.0 Å². The first-order valence-electron chi connectivity index (χ1n) is 8.58. The highest BCUT2D eigenvalue weighted by Gasteiger charge is 2.27. The minimum Gasteiger partial charge on any atom is -0.367 e. The summed E-state index contributed by atoms with van der Waals surface area (Å²) in [4.78, 5) is 20.6. The molecule has 0 unspecified atom stereocenters. The summed E-state index contributed by atoms with van der Waals surface area (Å²) in [6.45, 7) is 5.46. The van der Waals surface area contributed by atoms with Gasteiger partial charge in [-0.25, -0.2) is 0 Å². The number of fused-ring (bicyclic) bond motifs is 1. The topological polar surface area (TPSA) is 26.8 Å². The van der Waals surface area contributed by atoms with Crippen LogP contribution in [0.1, 0.15) is 11.8 Å². The minimum atomic E-state index is 0.0908. The highest BCUT2D eigenvalue weighted by Crippen LogP contribution is 2.33. The van der Waals surface area contributed by atoms with Gasteiger partial charge in [-0.15, -0.1) is 11.3 Å². The first-order chi connectivity index (χ1) is 12.1. The van der Waals surface area contributed by atoms with Crippen LogP contribution in [0.5, 0.6) is 0 Å². The maximum absolute atomic E-state index is 13.0. The van der Waals surface area contributed by atoms with Crippen LogP contribution in [-0.4, -0.2) is 51.1 Å². The highest BCUT2D eigenvalue weighted by molar-refractivity contribution is 7.10. The van der Waals surface area contributed by atoms with Crippen LogP contribution in [-0.2, 0) is 4.79 Å². The zero-order chi connectivity index (χ0) is 17.8. The van der Waals surface area contributed by atoms with Gasteiger partial charge in [-0.2, -0.15) is 0 Å². The molecule has 5 heteroatoms. The first kappa shape index (κ1) is 17.7. The van der Waals surface area contributed by atoms with Crippen molar-refractivity contribution >= 4 is 34.7 Å². The second-order valence-corrected chi connectivity index (χ2v) is 7.56. The molecule has 2 aromatic rings. The Balaban J connectivity index is 1.83. The lowest BCUT2D eigenvalue weighted by atomic mass is 10.1. The summed E-state index contributed by atoms with van der Waals surface area (Å²) in [5.41, 5.74) is 2.93. The number of carbonyl (C=O) groups excluding carboxylic acids is 1. The number of thiophene rings is 1. The average molecular weight is 356 g/mol.